The van der Waals surface area contributed by atoms with Gasteiger partial charge >= 0.3 is 0 Å². The molecule has 1 unspecified atom stereocenters. The maximum absolute atomic E-state index is 11.2. The summed E-state index contributed by atoms with van der Waals surface area (Å²) in [6.07, 6.45) is 0.629. The summed E-state index contributed by atoms with van der Waals surface area (Å²) in [5, 5.41) is 0. The van der Waals surface area contributed by atoms with E-state index in [9.17, 15) is 4.79 Å². The van der Waals surface area contributed by atoms with E-state index < -0.39 is 0 Å². The minimum absolute atomic E-state index is 0.231. The highest BCUT2D eigenvalue weighted by Gasteiger charge is 2.27. The van der Waals surface area contributed by atoms with E-state index in [1.165, 1.54) is 0 Å². The van der Waals surface area contributed by atoms with Gasteiger partial charge in [0.1, 0.15) is 0 Å². The molecule has 0 radical (unpaired) electrons. The van der Waals surface area contributed by atoms with Gasteiger partial charge in [-0.2, -0.15) is 12.6 Å². The third-order valence-electron chi connectivity index (χ3n) is 2.00. The molecule has 11 heavy (non-hydrogen) atoms. The molecule has 64 valence electrons. The maximum atomic E-state index is 11.2. The molecule has 0 bridgehead atoms. The van der Waals surface area contributed by atoms with Crippen molar-refractivity contribution in [2.24, 2.45) is 11.7 Å². The lowest BCUT2D eigenvalue weighted by Crippen LogP contribution is -2.28. The first-order chi connectivity index (χ1) is 5.27. The third kappa shape index (κ3) is 2.10. The molecule has 1 heterocycles. The minimum atomic E-state index is 0.231. The second-order valence-corrected chi connectivity index (χ2v) is 3.32. The van der Waals surface area contributed by atoms with Gasteiger partial charge in [-0.1, -0.05) is 0 Å². The topological polar surface area (TPSA) is 46.3 Å². The lowest BCUT2D eigenvalue weighted by atomic mass is 10.1. The predicted octanol–water partition coefficient (Wildman–Crippen LogP) is -0.277. The lowest BCUT2D eigenvalue weighted by molar-refractivity contribution is -0.127. The molecule has 0 aromatic heterocycles. The number of carbonyl (C=O) groups excluding carboxylic acids is 1. The van der Waals surface area contributed by atoms with Crippen LogP contribution < -0.4 is 5.73 Å². The van der Waals surface area contributed by atoms with Gasteiger partial charge in [0.05, 0.1) is 0 Å². The molecule has 0 saturated carbocycles. The standard InChI is InChI=1S/C7H14N2OS/c8-4-6-3-7(10)9(5-6)1-2-11/h6,11H,1-5,8H2. The molecule has 2 N–H and O–H groups in total. The zero-order valence-electron chi connectivity index (χ0n) is 6.49. The first kappa shape index (κ1) is 8.87. The number of nitrogens with two attached hydrogens (primary N) is 1. The number of hydrogen-bond acceptors (Lipinski definition) is 3. The molecule has 1 aliphatic heterocycles. The SMILES string of the molecule is NCC1CC(=O)N(CCS)C1. The van der Waals surface area contributed by atoms with E-state index in [1.807, 2.05) is 4.90 Å². The van der Waals surface area contributed by atoms with Crippen LogP contribution in [0.1, 0.15) is 6.42 Å². The van der Waals surface area contributed by atoms with Crippen molar-refractivity contribution >= 4 is 18.5 Å². The highest BCUT2D eigenvalue weighted by molar-refractivity contribution is 7.80. The van der Waals surface area contributed by atoms with Gasteiger partial charge in [-0.15, -0.1) is 0 Å². The smallest absolute Gasteiger partial charge is 0.223 e. The Bertz CT molecular complexity index is 151. The van der Waals surface area contributed by atoms with Crippen LogP contribution in [0.15, 0.2) is 0 Å². The summed E-state index contributed by atoms with van der Waals surface area (Å²) in [5.41, 5.74) is 5.46. The largest absolute Gasteiger partial charge is 0.342 e. The average molecular weight is 174 g/mol. The Hall–Kier alpha value is -0.220. The van der Waals surface area contributed by atoms with E-state index in [1.54, 1.807) is 0 Å². The van der Waals surface area contributed by atoms with Crippen molar-refractivity contribution in [3.8, 4) is 0 Å². The quantitative estimate of drug-likeness (QED) is 0.578. The molecule has 1 amide bonds. The van der Waals surface area contributed by atoms with Crippen molar-refractivity contribution in [1.82, 2.24) is 4.90 Å². The van der Waals surface area contributed by atoms with Crippen LogP contribution in [0, 0.1) is 5.92 Å². The second kappa shape index (κ2) is 3.97. The molecule has 1 atom stereocenters. The van der Waals surface area contributed by atoms with Crippen LogP contribution in [-0.2, 0) is 4.79 Å². The Morgan fingerprint density at radius 2 is 2.45 bits per heavy atom. The zero-order chi connectivity index (χ0) is 8.27. The molecular weight excluding hydrogens is 160 g/mol. The Labute approximate surface area is 72.3 Å². The van der Waals surface area contributed by atoms with E-state index in [2.05, 4.69) is 12.6 Å². The van der Waals surface area contributed by atoms with Gasteiger partial charge in [0.25, 0.3) is 0 Å². The van der Waals surface area contributed by atoms with E-state index >= 15 is 0 Å². The van der Waals surface area contributed by atoms with Crippen molar-refractivity contribution < 1.29 is 4.79 Å². The molecule has 1 aliphatic rings. The number of rotatable bonds is 3. The molecule has 1 rings (SSSR count). The number of hydrogen-bond donors (Lipinski definition) is 2. The molecular formula is C7H14N2OS. The van der Waals surface area contributed by atoms with Crippen LogP contribution >= 0.6 is 12.6 Å². The third-order valence-corrected chi connectivity index (χ3v) is 2.20. The van der Waals surface area contributed by atoms with Crippen molar-refractivity contribution in [3.63, 3.8) is 0 Å². The molecule has 0 aliphatic carbocycles. The average Bonchev–Trinajstić information content (AvgIpc) is 2.33. The Morgan fingerprint density at radius 3 is 2.91 bits per heavy atom. The number of likely N-dealkylation sites (tertiary alicyclic amines) is 1. The van der Waals surface area contributed by atoms with Gasteiger partial charge in [-0.25, -0.2) is 0 Å². The van der Waals surface area contributed by atoms with Crippen LogP contribution in [0.3, 0.4) is 0 Å². The van der Waals surface area contributed by atoms with Gasteiger partial charge in [0.15, 0.2) is 0 Å². The fourth-order valence-electron chi connectivity index (χ4n) is 1.35. The highest BCUT2D eigenvalue weighted by atomic mass is 32.1. The summed E-state index contributed by atoms with van der Waals surface area (Å²) in [7, 11) is 0. The molecule has 0 aromatic rings. The molecule has 1 saturated heterocycles. The van der Waals surface area contributed by atoms with E-state index in [-0.39, 0.29) is 5.91 Å². The molecule has 4 heteroatoms. The normalized spacial score (nSPS) is 24.7. The Balaban J connectivity index is 2.38. The maximum Gasteiger partial charge on any atom is 0.223 e. The first-order valence-corrected chi connectivity index (χ1v) is 4.50. The summed E-state index contributed by atoms with van der Waals surface area (Å²) in [6, 6.07) is 0. The van der Waals surface area contributed by atoms with E-state index in [0.29, 0.717) is 18.9 Å². The van der Waals surface area contributed by atoms with Gasteiger partial charge in [0.2, 0.25) is 5.91 Å². The van der Waals surface area contributed by atoms with Crippen LogP contribution in [0.2, 0.25) is 0 Å². The number of thiol groups is 1. The van der Waals surface area contributed by atoms with Crippen LogP contribution in [0.4, 0.5) is 0 Å². The number of nitrogens with zero attached hydrogens (tertiary/aromatic N) is 1. The summed E-state index contributed by atoms with van der Waals surface area (Å²) >= 11 is 4.07. The zero-order valence-corrected chi connectivity index (χ0v) is 7.39. The Morgan fingerprint density at radius 1 is 1.73 bits per heavy atom. The summed E-state index contributed by atoms with van der Waals surface area (Å²) in [4.78, 5) is 13.0. The summed E-state index contributed by atoms with van der Waals surface area (Å²) < 4.78 is 0. The van der Waals surface area contributed by atoms with Crippen molar-refractivity contribution in [2.75, 3.05) is 25.4 Å². The number of carbonyl (C=O) groups is 1. The van der Waals surface area contributed by atoms with Crippen molar-refractivity contribution in [1.29, 1.82) is 0 Å². The van der Waals surface area contributed by atoms with Gasteiger partial charge in [0, 0.05) is 25.3 Å². The summed E-state index contributed by atoms with van der Waals surface area (Å²) in [6.45, 7) is 2.21. The molecule has 0 aromatic carbocycles. The van der Waals surface area contributed by atoms with Crippen LogP contribution in [-0.4, -0.2) is 36.2 Å². The van der Waals surface area contributed by atoms with Gasteiger partial charge < -0.3 is 10.6 Å². The fourth-order valence-corrected chi connectivity index (χ4v) is 1.59. The minimum Gasteiger partial charge on any atom is -0.342 e. The van der Waals surface area contributed by atoms with Crippen LogP contribution in [0.5, 0.6) is 0 Å². The van der Waals surface area contributed by atoms with E-state index in [0.717, 1.165) is 18.8 Å². The van der Waals surface area contributed by atoms with E-state index in [4.69, 9.17) is 5.73 Å². The van der Waals surface area contributed by atoms with Crippen molar-refractivity contribution in [2.45, 2.75) is 6.42 Å². The summed E-state index contributed by atoms with van der Waals surface area (Å²) in [5.74, 6) is 1.35. The monoisotopic (exact) mass is 174 g/mol. The van der Waals surface area contributed by atoms with Gasteiger partial charge in [-0.05, 0) is 12.5 Å². The first-order valence-electron chi connectivity index (χ1n) is 3.86. The van der Waals surface area contributed by atoms with Gasteiger partial charge in [-0.3, -0.25) is 4.79 Å². The second-order valence-electron chi connectivity index (χ2n) is 2.87. The highest BCUT2D eigenvalue weighted by Crippen LogP contribution is 2.15. The predicted molar refractivity (Wildman–Crippen MR) is 47.6 cm³/mol. The molecule has 0 spiro atoms. The fraction of sp³-hybridized carbons (Fsp3) is 0.857. The van der Waals surface area contributed by atoms with Crippen LogP contribution in [0.25, 0.3) is 0 Å². The Kier molecular flexibility index (Phi) is 3.20. The molecule has 3 nitrogen and oxygen atoms in total. The lowest BCUT2D eigenvalue weighted by Gasteiger charge is -2.13. The van der Waals surface area contributed by atoms with Crippen molar-refractivity contribution in [3.05, 3.63) is 0 Å². The molecule has 1 fully saturated rings. The number of amides is 1.